The molecule has 1 aliphatic rings. The van der Waals surface area contributed by atoms with E-state index in [0.29, 0.717) is 24.9 Å². The van der Waals surface area contributed by atoms with Gasteiger partial charge in [-0.2, -0.15) is 0 Å². The number of carbonyl (C=O) groups excluding carboxylic acids is 1. The highest BCUT2D eigenvalue weighted by Gasteiger charge is 2.25. The molecular weight excluding hydrogens is 464 g/mol. The van der Waals surface area contributed by atoms with E-state index in [1.165, 1.54) is 29.5 Å². The van der Waals surface area contributed by atoms with Gasteiger partial charge in [-0.15, -0.1) is 0 Å². The van der Waals surface area contributed by atoms with Crippen molar-refractivity contribution >= 4 is 49.9 Å². The molecule has 33 heavy (non-hydrogen) atoms. The maximum absolute atomic E-state index is 13.6. The van der Waals surface area contributed by atoms with Gasteiger partial charge in [0.2, 0.25) is 0 Å². The summed E-state index contributed by atoms with van der Waals surface area (Å²) >= 11 is 7.75. The molecule has 1 aliphatic heterocycles. The molecular formula is C23H25ClN4O4S. The molecule has 0 aliphatic carbocycles. The molecule has 0 unspecified atom stereocenters. The SMILES string of the molecule is Cc1cc(C)c2sc(N(CCCN3CCOCC3)C(=O)c3cc([N+](=O)[O-])ccc3Cl)nc2c1. The van der Waals surface area contributed by atoms with Crippen LogP contribution < -0.4 is 4.90 Å². The highest BCUT2D eigenvalue weighted by atomic mass is 35.5. The zero-order chi connectivity index (χ0) is 23.5. The fourth-order valence-corrected chi connectivity index (χ4v) is 5.22. The van der Waals surface area contributed by atoms with Gasteiger partial charge in [-0.05, 0) is 43.5 Å². The van der Waals surface area contributed by atoms with Crippen LogP contribution in [0, 0.1) is 24.0 Å². The van der Waals surface area contributed by atoms with E-state index in [2.05, 4.69) is 11.0 Å². The number of ether oxygens (including phenoxy) is 1. The van der Waals surface area contributed by atoms with Crippen LogP contribution in [0.5, 0.6) is 0 Å². The molecule has 3 aromatic rings. The number of nitrogens with zero attached hydrogens (tertiary/aromatic N) is 4. The number of nitro benzene ring substituents is 1. The average Bonchev–Trinajstić information content (AvgIpc) is 3.21. The van der Waals surface area contributed by atoms with Crippen LogP contribution in [-0.4, -0.2) is 60.1 Å². The Kier molecular flexibility index (Phi) is 7.23. The molecule has 0 N–H and O–H groups in total. The Bertz CT molecular complexity index is 1190. The summed E-state index contributed by atoms with van der Waals surface area (Å²) in [5, 5.41) is 12.0. The Morgan fingerprint density at radius 3 is 2.76 bits per heavy atom. The number of fused-ring (bicyclic) bond motifs is 1. The standard InChI is InChI=1S/C23H25ClN4O4S/c1-15-12-16(2)21-20(13-15)25-23(33-21)27(7-3-6-26-8-10-32-11-9-26)22(29)18-14-17(28(30)31)4-5-19(18)24/h4-5,12-14H,3,6-11H2,1-2H3. The van der Waals surface area contributed by atoms with Crippen LogP contribution in [0.1, 0.15) is 27.9 Å². The van der Waals surface area contributed by atoms with Gasteiger partial charge < -0.3 is 4.74 Å². The number of nitro groups is 1. The lowest BCUT2D eigenvalue weighted by Crippen LogP contribution is -2.39. The minimum atomic E-state index is -0.528. The van der Waals surface area contributed by atoms with Crippen LogP contribution in [0.2, 0.25) is 5.02 Å². The van der Waals surface area contributed by atoms with E-state index in [1.54, 1.807) is 4.90 Å². The van der Waals surface area contributed by atoms with Crippen molar-refractivity contribution in [3.8, 4) is 0 Å². The Morgan fingerprint density at radius 2 is 2.03 bits per heavy atom. The second kappa shape index (κ2) is 10.1. The van der Waals surface area contributed by atoms with Crippen LogP contribution in [0.15, 0.2) is 30.3 Å². The summed E-state index contributed by atoms with van der Waals surface area (Å²) in [5.41, 5.74) is 2.96. The second-order valence-corrected chi connectivity index (χ2v) is 9.50. The second-order valence-electron chi connectivity index (χ2n) is 8.11. The lowest BCUT2D eigenvalue weighted by atomic mass is 10.1. The molecule has 0 bridgehead atoms. The van der Waals surface area contributed by atoms with Crippen molar-refractivity contribution in [2.45, 2.75) is 20.3 Å². The van der Waals surface area contributed by atoms with Crippen molar-refractivity contribution < 1.29 is 14.5 Å². The summed E-state index contributed by atoms with van der Waals surface area (Å²) in [7, 11) is 0. The smallest absolute Gasteiger partial charge is 0.270 e. The highest BCUT2D eigenvalue weighted by molar-refractivity contribution is 7.22. The van der Waals surface area contributed by atoms with Crippen molar-refractivity contribution in [3.63, 3.8) is 0 Å². The molecule has 0 spiro atoms. The lowest BCUT2D eigenvalue weighted by Gasteiger charge is -2.27. The van der Waals surface area contributed by atoms with Crippen molar-refractivity contribution in [1.82, 2.24) is 9.88 Å². The summed E-state index contributed by atoms with van der Waals surface area (Å²) in [6.07, 6.45) is 0.728. The maximum atomic E-state index is 13.6. The molecule has 1 aromatic heterocycles. The third-order valence-electron chi connectivity index (χ3n) is 5.64. The largest absolute Gasteiger partial charge is 0.379 e. The van der Waals surface area contributed by atoms with Gasteiger partial charge in [-0.1, -0.05) is 29.0 Å². The lowest BCUT2D eigenvalue weighted by molar-refractivity contribution is -0.384. The Morgan fingerprint density at radius 1 is 1.27 bits per heavy atom. The fourth-order valence-electron chi connectivity index (χ4n) is 3.98. The molecule has 1 fully saturated rings. The normalized spacial score (nSPS) is 14.5. The first-order valence-electron chi connectivity index (χ1n) is 10.8. The maximum Gasteiger partial charge on any atom is 0.270 e. The van der Waals surface area contributed by atoms with E-state index < -0.39 is 4.92 Å². The number of benzene rings is 2. The van der Waals surface area contributed by atoms with Gasteiger partial charge in [0, 0.05) is 38.3 Å². The Hall–Kier alpha value is -2.59. The van der Waals surface area contributed by atoms with Gasteiger partial charge in [-0.3, -0.25) is 24.7 Å². The van der Waals surface area contributed by atoms with Crippen molar-refractivity contribution in [2.75, 3.05) is 44.3 Å². The number of aryl methyl sites for hydroxylation is 2. The summed E-state index contributed by atoms with van der Waals surface area (Å²) in [4.78, 5) is 33.0. The van der Waals surface area contributed by atoms with Gasteiger partial charge in [-0.25, -0.2) is 4.98 Å². The minimum absolute atomic E-state index is 0.101. The van der Waals surface area contributed by atoms with Crippen molar-refractivity contribution in [1.29, 1.82) is 0 Å². The van der Waals surface area contributed by atoms with Gasteiger partial charge in [0.1, 0.15) is 0 Å². The molecule has 4 rings (SSSR count). The molecule has 0 atom stereocenters. The number of aromatic nitrogens is 1. The van der Waals surface area contributed by atoms with E-state index >= 15 is 0 Å². The van der Waals surface area contributed by atoms with Crippen LogP contribution >= 0.6 is 22.9 Å². The number of carbonyl (C=O) groups is 1. The zero-order valence-corrected chi connectivity index (χ0v) is 20.1. The fraction of sp³-hybridized carbons (Fsp3) is 0.391. The summed E-state index contributed by atoms with van der Waals surface area (Å²) in [6.45, 7) is 8.43. The van der Waals surface area contributed by atoms with Crippen LogP contribution in [-0.2, 0) is 4.74 Å². The van der Waals surface area contributed by atoms with E-state index in [9.17, 15) is 14.9 Å². The van der Waals surface area contributed by atoms with Crippen molar-refractivity contribution in [3.05, 3.63) is 62.2 Å². The molecule has 1 saturated heterocycles. The molecule has 8 nitrogen and oxygen atoms in total. The first-order chi connectivity index (χ1) is 15.8. The minimum Gasteiger partial charge on any atom is -0.379 e. The van der Waals surface area contributed by atoms with Gasteiger partial charge in [0.15, 0.2) is 5.13 Å². The number of morpholine rings is 1. The third-order valence-corrected chi connectivity index (χ3v) is 7.19. The highest BCUT2D eigenvalue weighted by Crippen LogP contribution is 2.34. The number of amides is 1. The van der Waals surface area contributed by atoms with Gasteiger partial charge >= 0.3 is 0 Å². The first-order valence-corrected chi connectivity index (χ1v) is 12.0. The first kappa shape index (κ1) is 23.6. The molecule has 0 radical (unpaired) electrons. The van der Waals surface area contributed by atoms with Crippen LogP contribution in [0.3, 0.4) is 0 Å². The number of non-ortho nitro benzene ring substituents is 1. The quantitative estimate of drug-likeness (QED) is 0.349. The molecule has 2 heterocycles. The van der Waals surface area contributed by atoms with Gasteiger partial charge in [0.25, 0.3) is 11.6 Å². The summed E-state index contributed by atoms with van der Waals surface area (Å²) in [5.74, 6) is -0.390. The molecule has 1 amide bonds. The predicted octanol–water partition coefficient (Wildman–Crippen LogP) is 4.84. The van der Waals surface area contributed by atoms with Crippen LogP contribution in [0.25, 0.3) is 10.2 Å². The van der Waals surface area contributed by atoms with E-state index in [1.807, 2.05) is 19.9 Å². The summed E-state index contributed by atoms with van der Waals surface area (Å²) < 4.78 is 6.43. The Balaban J connectivity index is 1.66. The topological polar surface area (TPSA) is 88.8 Å². The monoisotopic (exact) mass is 488 g/mol. The zero-order valence-electron chi connectivity index (χ0n) is 18.5. The number of halogens is 1. The van der Waals surface area contributed by atoms with E-state index in [4.69, 9.17) is 21.3 Å². The number of thiazole rings is 1. The van der Waals surface area contributed by atoms with Crippen molar-refractivity contribution in [2.24, 2.45) is 0 Å². The van der Waals surface area contributed by atoms with Crippen LogP contribution in [0.4, 0.5) is 10.8 Å². The van der Waals surface area contributed by atoms with E-state index in [-0.39, 0.29) is 22.2 Å². The molecule has 2 aromatic carbocycles. The third kappa shape index (κ3) is 5.33. The Labute approximate surface area is 200 Å². The number of rotatable bonds is 7. The molecule has 174 valence electrons. The number of hydrogen-bond donors (Lipinski definition) is 0. The van der Waals surface area contributed by atoms with E-state index in [0.717, 1.165) is 47.4 Å². The number of hydrogen-bond acceptors (Lipinski definition) is 7. The molecule has 0 saturated carbocycles. The molecule has 10 heteroatoms. The predicted molar refractivity (Wildman–Crippen MR) is 131 cm³/mol. The van der Waals surface area contributed by atoms with Gasteiger partial charge in [0.05, 0.1) is 38.9 Å². The summed E-state index contributed by atoms with van der Waals surface area (Å²) in [6, 6.07) is 8.02. The number of anilines is 1. The average molecular weight is 489 g/mol.